The zero-order chi connectivity index (χ0) is 22.6. The summed E-state index contributed by atoms with van der Waals surface area (Å²) in [5.74, 6) is -0.525. The minimum absolute atomic E-state index is 0.353. The second-order valence-corrected chi connectivity index (χ2v) is 8.62. The lowest BCUT2D eigenvalue weighted by Gasteiger charge is -2.29. The molecular formula is C27H28N4O2. The molecule has 2 heterocycles. The van der Waals surface area contributed by atoms with Gasteiger partial charge in [0.25, 0.3) is 5.91 Å². The number of hydrogen-bond donors (Lipinski definition) is 4. The van der Waals surface area contributed by atoms with Crippen LogP contribution in [0.5, 0.6) is 0 Å². The molecule has 1 unspecified atom stereocenters. The fraction of sp³-hybridized carbons (Fsp3) is 0.222. The van der Waals surface area contributed by atoms with Crippen LogP contribution in [0.2, 0.25) is 0 Å². The van der Waals surface area contributed by atoms with E-state index < -0.39 is 5.91 Å². The van der Waals surface area contributed by atoms with Crippen LogP contribution in [0.1, 0.15) is 40.5 Å². The number of fused-ring (bicyclic) bond motifs is 2. The Labute approximate surface area is 192 Å². The van der Waals surface area contributed by atoms with E-state index >= 15 is 0 Å². The first-order valence-corrected chi connectivity index (χ1v) is 11.4. The van der Waals surface area contributed by atoms with Crippen molar-refractivity contribution in [3.8, 4) is 0 Å². The Kier molecular flexibility index (Phi) is 6.11. The van der Waals surface area contributed by atoms with Crippen molar-refractivity contribution in [2.75, 3.05) is 6.54 Å². The zero-order valence-corrected chi connectivity index (χ0v) is 18.4. The Bertz CT molecular complexity index is 1240. The van der Waals surface area contributed by atoms with Gasteiger partial charge >= 0.3 is 0 Å². The molecule has 0 saturated carbocycles. The highest BCUT2D eigenvalue weighted by Crippen LogP contribution is 2.37. The first-order valence-electron chi connectivity index (χ1n) is 11.4. The number of carbonyl (C=O) groups is 1. The van der Waals surface area contributed by atoms with Gasteiger partial charge in [-0.3, -0.25) is 14.9 Å². The molecule has 6 heteroatoms. The molecule has 1 aliphatic rings. The molecule has 1 aliphatic carbocycles. The second-order valence-electron chi connectivity index (χ2n) is 8.62. The Balaban J connectivity index is 1.36. The van der Waals surface area contributed by atoms with Gasteiger partial charge in [0.15, 0.2) is 0 Å². The Morgan fingerprint density at radius 3 is 2.85 bits per heavy atom. The first kappa shape index (κ1) is 21.2. The maximum absolute atomic E-state index is 11.3. The van der Waals surface area contributed by atoms with Crippen LogP contribution in [-0.4, -0.2) is 32.5 Å². The number of aromatic nitrogens is 2. The van der Waals surface area contributed by atoms with Crippen molar-refractivity contribution in [1.29, 1.82) is 0 Å². The van der Waals surface area contributed by atoms with Crippen molar-refractivity contribution in [3.63, 3.8) is 0 Å². The molecule has 0 saturated heterocycles. The highest BCUT2D eigenvalue weighted by Gasteiger charge is 2.28. The molecule has 0 aliphatic heterocycles. The highest BCUT2D eigenvalue weighted by atomic mass is 16.5. The Morgan fingerprint density at radius 1 is 1.12 bits per heavy atom. The third-order valence-corrected chi connectivity index (χ3v) is 6.48. The van der Waals surface area contributed by atoms with E-state index in [9.17, 15) is 4.79 Å². The number of para-hydroxylation sites is 1. The molecule has 0 fully saturated rings. The van der Waals surface area contributed by atoms with Gasteiger partial charge in [-0.15, -0.1) is 0 Å². The molecule has 33 heavy (non-hydrogen) atoms. The largest absolute Gasteiger partial charge is 0.364 e. The van der Waals surface area contributed by atoms with Crippen LogP contribution in [-0.2, 0) is 24.2 Å². The molecular weight excluding hydrogens is 412 g/mol. The number of benzene rings is 2. The van der Waals surface area contributed by atoms with Crippen molar-refractivity contribution in [3.05, 3.63) is 101 Å². The molecule has 0 bridgehead atoms. The molecule has 0 spiro atoms. The predicted molar refractivity (Wildman–Crippen MR) is 130 cm³/mol. The fourth-order valence-corrected chi connectivity index (χ4v) is 4.87. The standard InChI is InChI=1S/C27H28N4O2/c32-27(30-33)12-8-19-7-10-24-20(16-19)9-11-26(24)31(18-23-5-3-14-28-23)15-13-22-17-21-4-1-2-6-25(21)29-22/h1-8,10,12,14,16-17,26,28-29,33H,9,11,13,15,18H2,(H,30,32)/b12-8+. The van der Waals surface area contributed by atoms with Gasteiger partial charge in [-0.25, -0.2) is 5.48 Å². The highest BCUT2D eigenvalue weighted by molar-refractivity contribution is 5.90. The maximum atomic E-state index is 11.3. The number of hydrogen-bond acceptors (Lipinski definition) is 3. The number of carbonyl (C=O) groups excluding carboxylic acids is 1. The van der Waals surface area contributed by atoms with Gasteiger partial charge in [0.1, 0.15) is 0 Å². The lowest BCUT2D eigenvalue weighted by atomic mass is 10.0. The van der Waals surface area contributed by atoms with Crippen molar-refractivity contribution in [1.82, 2.24) is 20.3 Å². The van der Waals surface area contributed by atoms with Crippen LogP contribution in [0, 0.1) is 0 Å². The Hall–Kier alpha value is -3.61. The summed E-state index contributed by atoms with van der Waals surface area (Å²) in [5, 5.41) is 9.94. The van der Waals surface area contributed by atoms with E-state index in [0.717, 1.165) is 37.9 Å². The van der Waals surface area contributed by atoms with Crippen molar-refractivity contribution < 1.29 is 10.0 Å². The van der Waals surface area contributed by atoms with E-state index in [1.807, 2.05) is 12.3 Å². The summed E-state index contributed by atoms with van der Waals surface area (Å²) in [4.78, 5) is 20.8. The van der Waals surface area contributed by atoms with Crippen LogP contribution < -0.4 is 5.48 Å². The summed E-state index contributed by atoms with van der Waals surface area (Å²) in [6.45, 7) is 1.82. The number of nitrogens with one attached hydrogen (secondary N) is 3. The molecule has 4 N–H and O–H groups in total. The van der Waals surface area contributed by atoms with Crippen LogP contribution in [0.3, 0.4) is 0 Å². The molecule has 1 amide bonds. The van der Waals surface area contributed by atoms with Crippen molar-refractivity contribution in [2.24, 2.45) is 0 Å². The second kappa shape index (κ2) is 9.48. The number of H-pyrrole nitrogens is 2. The summed E-state index contributed by atoms with van der Waals surface area (Å²) in [6.07, 6.45) is 8.10. The fourth-order valence-electron chi connectivity index (χ4n) is 4.87. The van der Waals surface area contributed by atoms with E-state index in [1.54, 1.807) is 11.6 Å². The van der Waals surface area contributed by atoms with E-state index in [-0.39, 0.29) is 0 Å². The molecule has 2 aromatic carbocycles. The number of nitrogens with zero attached hydrogens (tertiary/aromatic N) is 1. The third kappa shape index (κ3) is 4.77. The summed E-state index contributed by atoms with van der Waals surface area (Å²) in [7, 11) is 0. The van der Waals surface area contributed by atoms with Gasteiger partial charge in [-0.1, -0.05) is 36.4 Å². The van der Waals surface area contributed by atoms with Gasteiger partial charge in [-0.05, 0) is 65.3 Å². The lowest BCUT2D eigenvalue weighted by Crippen LogP contribution is -2.29. The summed E-state index contributed by atoms with van der Waals surface area (Å²) in [6, 6.07) is 21.6. The minimum atomic E-state index is -0.525. The van der Waals surface area contributed by atoms with Crippen LogP contribution in [0.25, 0.3) is 17.0 Å². The van der Waals surface area contributed by atoms with Crippen molar-refractivity contribution in [2.45, 2.75) is 31.8 Å². The SMILES string of the molecule is O=C(/C=C/c1ccc2c(c1)CCC2N(CCc1cc2ccccc2[nH]1)Cc1ccc[nH]1)NO. The topological polar surface area (TPSA) is 84.2 Å². The number of aromatic amines is 2. The lowest BCUT2D eigenvalue weighted by molar-refractivity contribution is -0.124. The molecule has 4 aromatic rings. The van der Waals surface area contributed by atoms with Crippen molar-refractivity contribution >= 4 is 22.9 Å². The number of rotatable bonds is 8. The van der Waals surface area contributed by atoms with E-state index in [2.05, 4.69) is 69.5 Å². The minimum Gasteiger partial charge on any atom is -0.364 e. The van der Waals surface area contributed by atoms with Crippen LogP contribution >= 0.6 is 0 Å². The average molecular weight is 441 g/mol. The molecule has 1 atom stereocenters. The zero-order valence-electron chi connectivity index (χ0n) is 18.4. The summed E-state index contributed by atoms with van der Waals surface area (Å²) >= 11 is 0. The van der Waals surface area contributed by atoms with E-state index in [0.29, 0.717) is 6.04 Å². The average Bonchev–Trinajstić information content (AvgIpc) is 3.59. The monoisotopic (exact) mass is 440 g/mol. The smallest absolute Gasteiger partial charge is 0.267 e. The molecule has 168 valence electrons. The number of hydroxylamine groups is 1. The van der Waals surface area contributed by atoms with Crippen LogP contribution in [0.15, 0.2) is 72.9 Å². The van der Waals surface area contributed by atoms with Gasteiger partial charge in [-0.2, -0.15) is 0 Å². The summed E-state index contributed by atoms with van der Waals surface area (Å²) < 4.78 is 0. The maximum Gasteiger partial charge on any atom is 0.267 e. The van der Waals surface area contributed by atoms with Gasteiger partial charge in [0.2, 0.25) is 0 Å². The predicted octanol–water partition coefficient (Wildman–Crippen LogP) is 4.75. The van der Waals surface area contributed by atoms with Gasteiger partial charge < -0.3 is 9.97 Å². The Morgan fingerprint density at radius 2 is 2.03 bits per heavy atom. The van der Waals surface area contributed by atoms with Gasteiger partial charge in [0.05, 0.1) is 0 Å². The molecule has 6 nitrogen and oxygen atoms in total. The van der Waals surface area contributed by atoms with E-state index in [1.165, 1.54) is 39.5 Å². The van der Waals surface area contributed by atoms with E-state index in [4.69, 9.17) is 5.21 Å². The molecule has 5 rings (SSSR count). The number of amides is 1. The third-order valence-electron chi connectivity index (χ3n) is 6.48. The quantitative estimate of drug-likeness (QED) is 0.181. The normalized spacial score (nSPS) is 15.5. The number of aryl methyl sites for hydroxylation is 1. The van der Waals surface area contributed by atoms with Crippen LogP contribution in [0.4, 0.5) is 0 Å². The molecule has 2 aromatic heterocycles. The summed E-state index contributed by atoms with van der Waals surface area (Å²) in [5.41, 5.74) is 8.94. The first-order chi connectivity index (χ1) is 16.2. The molecule has 0 radical (unpaired) electrons. The van der Waals surface area contributed by atoms with Gasteiger partial charge in [0, 0.05) is 54.7 Å².